The second-order valence-corrected chi connectivity index (χ2v) is 3.12. The van der Waals surface area contributed by atoms with Crippen molar-refractivity contribution in [2.45, 2.75) is 31.9 Å². The number of nitrogens with zero attached hydrogens (tertiary/aromatic N) is 1. The molecule has 1 aliphatic rings. The lowest BCUT2D eigenvalue weighted by Crippen LogP contribution is -2.52. The third-order valence-corrected chi connectivity index (χ3v) is 2.36. The van der Waals surface area contributed by atoms with Gasteiger partial charge in [0.15, 0.2) is 0 Å². The molecule has 0 bridgehead atoms. The number of rotatable bonds is 2. The molecule has 1 heterocycles. The zero-order valence-corrected chi connectivity index (χ0v) is 7.23. The van der Waals surface area contributed by atoms with E-state index >= 15 is 0 Å². The highest BCUT2D eigenvalue weighted by atomic mass is 16.4. The highest BCUT2D eigenvalue weighted by Gasteiger charge is 2.34. The van der Waals surface area contributed by atoms with Crippen LogP contribution in [0.15, 0.2) is 0 Å². The van der Waals surface area contributed by atoms with Gasteiger partial charge in [-0.25, -0.2) is 0 Å². The van der Waals surface area contributed by atoms with Crippen molar-refractivity contribution in [1.29, 1.82) is 0 Å². The van der Waals surface area contributed by atoms with Gasteiger partial charge in [0.2, 0.25) is 0 Å². The van der Waals surface area contributed by atoms with Crippen LogP contribution >= 0.6 is 0 Å². The number of hydrogen-bond donors (Lipinski definition) is 2. The molecular weight excluding hydrogens is 158 g/mol. The fourth-order valence-electron chi connectivity index (χ4n) is 1.72. The molecule has 12 heavy (non-hydrogen) atoms. The van der Waals surface area contributed by atoms with E-state index in [0.29, 0.717) is 13.0 Å². The second kappa shape index (κ2) is 3.87. The first kappa shape index (κ1) is 9.48. The van der Waals surface area contributed by atoms with Gasteiger partial charge in [-0.3, -0.25) is 9.69 Å². The molecule has 0 saturated carbocycles. The molecule has 2 unspecified atom stereocenters. The molecule has 0 aromatic heterocycles. The van der Waals surface area contributed by atoms with E-state index in [-0.39, 0.29) is 0 Å². The van der Waals surface area contributed by atoms with Gasteiger partial charge in [-0.2, -0.15) is 0 Å². The minimum atomic E-state index is -0.913. The number of piperidine rings is 1. The Bertz CT molecular complexity index is 172. The first-order chi connectivity index (χ1) is 5.66. The number of aliphatic hydroxyl groups is 1. The summed E-state index contributed by atoms with van der Waals surface area (Å²) in [5, 5.41) is 18.2. The predicted octanol–water partition coefficient (Wildman–Crippen LogP) is -0.0838. The Labute approximate surface area is 71.8 Å². The SMILES string of the molecule is CCN1CCCC(O)C1C(=O)O. The van der Waals surface area contributed by atoms with Crippen LogP contribution in [0.1, 0.15) is 19.8 Å². The Morgan fingerprint density at radius 1 is 1.67 bits per heavy atom. The molecule has 1 saturated heterocycles. The Morgan fingerprint density at radius 2 is 2.33 bits per heavy atom. The molecule has 2 atom stereocenters. The molecular formula is C8H15NO3. The van der Waals surface area contributed by atoms with Crippen molar-refractivity contribution in [2.75, 3.05) is 13.1 Å². The van der Waals surface area contributed by atoms with E-state index < -0.39 is 18.1 Å². The molecule has 4 heteroatoms. The maximum atomic E-state index is 10.7. The van der Waals surface area contributed by atoms with Crippen LogP contribution in [-0.2, 0) is 4.79 Å². The molecule has 1 fully saturated rings. The molecule has 0 radical (unpaired) electrons. The maximum Gasteiger partial charge on any atom is 0.323 e. The summed E-state index contributed by atoms with van der Waals surface area (Å²) in [6, 6.07) is -0.691. The minimum absolute atomic E-state index is 0.605. The summed E-state index contributed by atoms with van der Waals surface area (Å²) in [5.41, 5.74) is 0. The van der Waals surface area contributed by atoms with Crippen molar-refractivity contribution in [3.8, 4) is 0 Å². The summed E-state index contributed by atoms with van der Waals surface area (Å²) in [5.74, 6) is -0.913. The van der Waals surface area contributed by atoms with E-state index in [0.717, 1.165) is 13.0 Å². The van der Waals surface area contributed by atoms with Crippen molar-refractivity contribution >= 4 is 5.97 Å². The fraction of sp³-hybridized carbons (Fsp3) is 0.875. The molecule has 4 nitrogen and oxygen atoms in total. The number of aliphatic carboxylic acids is 1. The third kappa shape index (κ3) is 1.76. The van der Waals surface area contributed by atoms with Crippen LogP contribution in [0.25, 0.3) is 0 Å². The Morgan fingerprint density at radius 3 is 2.75 bits per heavy atom. The van der Waals surface area contributed by atoms with Gasteiger partial charge in [0.05, 0.1) is 6.10 Å². The number of hydrogen-bond acceptors (Lipinski definition) is 3. The molecule has 0 aromatic carbocycles. The van der Waals surface area contributed by atoms with Gasteiger partial charge in [0.25, 0.3) is 0 Å². The van der Waals surface area contributed by atoms with Crippen LogP contribution < -0.4 is 0 Å². The second-order valence-electron chi connectivity index (χ2n) is 3.12. The van der Waals surface area contributed by atoms with Crippen molar-refractivity contribution in [3.63, 3.8) is 0 Å². The van der Waals surface area contributed by atoms with Gasteiger partial charge >= 0.3 is 5.97 Å². The van der Waals surface area contributed by atoms with Crippen molar-refractivity contribution < 1.29 is 15.0 Å². The van der Waals surface area contributed by atoms with Crippen LogP contribution in [0.2, 0.25) is 0 Å². The van der Waals surface area contributed by atoms with Crippen molar-refractivity contribution in [3.05, 3.63) is 0 Å². The quantitative estimate of drug-likeness (QED) is 0.613. The topological polar surface area (TPSA) is 60.8 Å². The summed E-state index contributed by atoms with van der Waals surface area (Å²) in [7, 11) is 0. The lowest BCUT2D eigenvalue weighted by molar-refractivity contribution is -0.150. The number of carboxylic acids is 1. The van der Waals surface area contributed by atoms with Crippen LogP contribution in [0.5, 0.6) is 0 Å². The minimum Gasteiger partial charge on any atom is -0.480 e. The number of carboxylic acid groups (broad SMARTS) is 1. The van der Waals surface area contributed by atoms with Crippen LogP contribution in [0.3, 0.4) is 0 Å². The number of carbonyl (C=O) groups is 1. The van der Waals surface area contributed by atoms with Gasteiger partial charge in [-0.05, 0) is 25.9 Å². The number of likely N-dealkylation sites (N-methyl/N-ethyl adjacent to an activating group) is 1. The molecule has 1 rings (SSSR count). The number of likely N-dealkylation sites (tertiary alicyclic amines) is 1. The van der Waals surface area contributed by atoms with Crippen LogP contribution in [0, 0.1) is 0 Å². The van der Waals surface area contributed by atoms with Gasteiger partial charge in [0, 0.05) is 0 Å². The zero-order valence-electron chi connectivity index (χ0n) is 7.23. The van der Waals surface area contributed by atoms with E-state index in [1.165, 1.54) is 0 Å². The fourth-order valence-corrected chi connectivity index (χ4v) is 1.72. The predicted molar refractivity (Wildman–Crippen MR) is 43.9 cm³/mol. The van der Waals surface area contributed by atoms with Crippen molar-refractivity contribution in [1.82, 2.24) is 4.90 Å². The average Bonchev–Trinajstić information content (AvgIpc) is 2.03. The summed E-state index contributed by atoms with van der Waals surface area (Å²) in [4.78, 5) is 12.5. The normalized spacial score (nSPS) is 31.8. The molecule has 0 aromatic rings. The van der Waals surface area contributed by atoms with E-state index in [4.69, 9.17) is 5.11 Å². The highest BCUT2D eigenvalue weighted by molar-refractivity contribution is 5.74. The number of aliphatic hydroxyl groups excluding tert-OH is 1. The molecule has 1 aliphatic heterocycles. The lowest BCUT2D eigenvalue weighted by Gasteiger charge is -2.35. The van der Waals surface area contributed by atoms with Crippen LogP contribution in [0.4, 0.5) is 0 Å². The summed E-state index contributed by atoms with van der Waals surface area (Å²) < 4.78 is 0. The third-order valence-electron chi connectivity index (χ3n) is 2.36. The van der Waals surface area contributed by atoms with E-state index in [1.807, 2.05) is 6.92 Å². The standard InChI is InChI=1S/C8H15NO3/c1-2-9-5-3-4-6(10)7(9)8(11)12/h6-7,10H,2-5H2,1H3,(H,11,12). The molecule has 70 valence electrons. The smallest absolute Gasteiger partial charge is 0.323 e. The van der Waals surface area contributed by atoms with Gasteiger partial charge in [-0.1, -0.05) is 6.92 Å². The van der Waals surface area contributed by atoms with E-state index in [9.17, 15) is 9.90 Å². The van der Waals surface area contributed by atoms with Gasteiger partial charge < -0.3 is 10.2 Å². The highest BCUT2D eigenvalue weighted by Crippen LogP contribution is 2.17. The van der Waals surface area contributed by atoms with Gasteiger partial charge in [0.1, 0.15) is 6.04 Å². The summed E-state index contributed by atoms with van der Waals surface area (Å²) >= 11 is 0. The summed E-state index contributed by atoms with van der Waals surface area (Å²) in [6.45, 7) is 3.38. The summed E-state index contributed by atoms with van der Waals surface area (Å²) in [6.07, 6.45) is 0.794. The average molecular weight is 173 g/mol. The zero-order chi connectivity index (χ0) is 9.14. The van der Waals surface area contributed by atoms with Crippen molar-refractivity contribution in [2.24, 2.45) is 0 Å². The van der Waals surface area contributed by atoms with E-state index in [1.54, 1.807) is 4.90 Å². The Kier molecular flexibility index (Phi) is 3.05. The van der Waals surface area contributed by atoms with Gasteiger partial charge in [-0.15, -0.1) is 0 Å². The molecule has 0 spiro atoms. The van der Waals surface area contributed by atoms with Crippen LogP contribution in [-0.4, -0.2) is 46.3 Å². The largest absolute Gasteiger partial charge is 0.480 e. The Hall–Kier alpha value is -0.610. The first-order valence-corrected chi connectivity index (χ1v) is 4.31. The van der Waals surface area contributed by atoms with E-state index in [2.05, 4.69) is 0 Å². The molecule has 0 amide bonds. The monoisotopic (exact) mass is 173 g/mol. The lowest BCUT2D eigenvalue weighted by atomic mass is 9.99. The maximum absolute atomic E-state index is 10.7. The molecule has 0 aliphatic carbocycles. The Balaban J connectivity index is 2.66. The first-order valence-electron chi connectivity index (χ1n) is 4.31. The molecule has 2 N–H and O–H groups in total.